The van der Waals surface area contributed by atoms with Crippen LogP contribution in [0.15, 0.2) is 23.0 Å². The number of hydrogen-bond acceptors (Lipinski definition) is 2. The highest BCUT2D eigenvalue weighted by Gasteiger charge is 2.02. The zero-order valence-corrected chi connectivity index (χ0v) is 11.6. The number of unbranched alkanes of at least 4 members (excludes halogenated alkanes) is 5. The molecule has 1 rings (SSSR count). The van der Waals surface area contributed by atoms with Crippen LogP contribution in [0.4, 0.5) is 0 Å². The second kappa shape index (κ2) is 9.93. The van der Waals surface area contributed by atoms with Crippen molar-refractivity contribution in [2.45, 2.75) is 71.1 Å². The third-order valence-corrected chi connectivity index (χ3v) is 3.31. The van der Waals surface area contributed by atoms with Crippen molar-refractivity contribution in [1.29, 1.82) is 0 Å². The molecule has 18 heavy (non-hydrogen) atoms. The van der Waals surface area contributed by atoms with Gasteiger partial charge in [-0.25, -0.2) is 0 Å². The first kappa shape index (κ1) is 15.0. The molecule has 0 aliphatic carbocycles. The third kappa shape index (κ3) is 7.31. The van der Waals surface area contributed by atoms with Crippen LogP contribution in [-0.2, 0) is 11.2 Å². The van der Waals surface area contributed by atoms with E-state index in [9.17, 15) is 4.79 Å². The standard InChI is InChI=1S/C16H26O2/c1-2-3-4-5-6-7-10-16(17)11-8-9-15-12-13-18-14-15/h12-14H,2-11H2,1H3. The van der Waals surface area contributed by atoms with Crippen molar-refractivity contribution < 1.29 is 9.21 Å². The molecule has 0 unspecified atom stereocenters. The molecule has 0 saturated carbocycles. The average Bonchev–Trinajstić information content (AvgIpc) is 2.87. The zero-order valence-electron chi connectivity index (χ0n) is 11.6. The fourth-order valence-electron chi connectivity index (χ4n) is 2.15. The van der Waals surface area contributed by atoms with E-state index in [2.05, 4.69) is 6.92 Å². The molecule has 0 spiro atoms. The summed E-state index contributed by atoms with van der Waals surface area (Å²) in [5, 5.41) is 0. The van der Waals surface area contributed by atoms with Crippen molar-refractivity contribution in [2.24, 2.45) is 0 Å². The molecule has 0 aliphatic rings. The molecule has 0 N–H and O–H groups in total. The molecule has 0 bridgehead atoms. The van der Waals surface area contributed by atoms with E-state index >= 15 is 0 Å². The number of ketones is 1. The maximum absolute atomic E-state index is 11.6. The van der Waals surface area contributed by atoms with Crippen LogP contribution >= 0.6 is 0 Å². The first-order chi connectivity index (χ1) is 8.83. The van der Waals surface area contributed by atoms with Gasteiger partial charge in [0.1, 0.15) is 5.78 Å². The van der Waals surface area contributed by atoms with Gasteiger partial charge in [-0.3, -0.25) is 4.79 Å². The zero-order chi connectivity index (χ0) is 13.1. The van der Waals surface area contributed by atoms with Crippen LogP contribution in [0, 0.1) is 0 Å². The topological polar surface area (TPSA) is 30.2 Å². The highest BCUT2D eigenvalue weighted by atomic mass is 16.3. The summed E-state index contributed by atoms with van der Waals surface area (Å²) >= 11 is 0. The van der Waals surface area contributed by atoms with Crippen molar-refractivity contribution in [1.82, 2.24) is 0 Å². The summed E-state index contributed by atoms with van der Waals surface area (Å²) < 4.78 is 5.00. The summed E-state index contributed by atoms with van der Waals surface area (Å²) in [6.45, 7) is 2.23. The number of Topliss-reactive ketones (excluding diaryl/α,β-unsaturated/α-hetero) is 1. The van der Waals surface area contributed by atoms with Crippen LogP contribution in [0.1, 0.15) is 70.3 Å². The van der Waals surface area contributed by atoms with E-state index in [-0.39, 0.29) is 0 Å². The second-order valence-electron chi connectivity index (χ2n) is 5.04. The summed E-state index contributed by atoms with van der Waals surface area (Å²) in [6.07, 6.45) is 14.4. The molecule has 1 aromatic heterocycles. The summed E-state index contributed by atoms with van der Waals surface area (Å²) in [6, 6.07) is 1.97. The summed E-state index contributed by atoms with van der Waals surface area (Å²) in [5.41, 5.74) is 1.20. The van der Waals surface area contributed by atoms with E-state index < -0.39 is 0 Å². The molecular formula is C16H26O2. The number of carbonyl (C=O) groups is 1. The second-order valence-corrected chi connectivity index (χ2v) is 5.04. The molecule has 0 radical (unpaired) electrons. The number of aryl methyl sites for hydroxylation is 1. The number of carbonyl (C=O) groups excluding carboxylic acids is 1. The van der Waals surface area contributed by atoms with Crippen LogP contribution in [0.5, 0.6) is 0 Å². The van der Waals surface area contributed by atoms with E-state index in [1.807, 2.05) is 6.07 Å². The molecule has 2 nitrogen and oxygen atoms in total. The smallest absolute Gasteiger partial charge is 0.132 e. The Morgan fingerprint density at radius 1 is 1.06 bits per heavy atom. The lowest BCUT2D eigenvalue weighted by Gasteiger charge is -2.01. The minimum absolute atomic E-state index is 0.425. The number of rotatable bonds is 11. The van der Waals surface area contributed by atoms with Crippen LogP contribution < -0.4 is 0 Å². The van der Waals surface area contributed by atoms with Gasteiger partial charge in [-0.2, -0.15) is 0 Å². The van der Waals surface area contributed by atoms with Crippen LogP contribution in [0.3, 0.4) is 0 Å². The minimum Gasteiger partial charge on any atom is -0.472 e. The number of hydrogen-bond donors (Lipinski definition) is 0. The van der Waals surface area contributed by atoms with Gasteiger partial charge < -0.3 is 4.42 Å². The quantitative estimate of drug-likeness (QED) is 0.522. The Balaban J connectivity index is 1.91. The molecular weight excluding hydrogens is 224 g/mol. The van der Waals surface area contributed by atoms with Gasteiger partial charge in [-0.1, -0.05) is 39.0 Å². The molecule has 102 valence electrons. The monoisotopic (exact) mass is 250 g/mol. The van der Waals surface area contributed by atoms with Gasteiger partial charge >= 0.3 is 0 Å². The lowest BCUT2D eigenvalue weighted by Crippen LogP contribution is -1.98. The maximum Gasteiger partial charge on any atom is 0.132 e. The molecule has 0 amide bonds. The van der Waals surface area contributed by atoms with E-state index in [0.29, 0.717) is 5.78 Å². The maximum atomic E-state index is 11.6. The van der Waals surface area contributed by atoms with Gasteiger partial charge in [0.2, 0.25) is 0 Å². The van der Waals surface area contributed by atoms with E-state index in [0.717, 1.165) is 32.1 Å². The minimum atomic E-state index is 0.425. The van der Waals surface area contributed by atoms with Crippen molar-refractivity contribution in [3.63, 3.8) is 0 Å². The molecule has 1 aromatic rings. The lowest BCUT2D eigenvalue weighted by molar-refractivity contribution is -0.119. The van der Waals surface area contributed by atoms with Gasteiger partial charge in [0, 0.05) is 12.8 Å². The predicted molar refractivity (Wildman–Crippen MR) is 74.6 cm³/mol. The molecule has 2 heteroatoms. The van der Waals surface area contributed by atoms with E-state index in [4.69, 9.17) is 4.42 Å². The van der Waals surface area contributed by atoms with Crippen LogP contribution in [0.2, 0.25) is 0 Å². The first-order valence-electron chi connectivity index (χ1n) is 7.35. The molecule has 0 aliphatic heterocycles. The lowest BCUT2D eigenvalue weighted by atomic mass is 10.0. The Labute approximate surface area is 111 Å². The van der Waals surface area contributed by atoms with E-state index in [1.165, 1.54) is 37.7 Å². The molecule has 0 saturated heterocycles. The summed E-state index contributed by atoms with van der Waals surface area (Å²) in [4.78, 5) is 11.6. The fourth-order valence-corrected chi connectivity index (χ4v) is 2.15. The SMILES string of the molecule is CCCCCCCCC(=O)CCCc1ccoc1. The van der Waals surface area contributed by atoms with Gasteiger partial charge in [-0.15, -0.1) is 0 Å². The van der Waals surface area contributed by atoms with Crippen molar-refractivity contribution in [2.75, 3.05) is 0 Å². The van der Waals surface area contributed by atoms with Crippen molar-refractivity contribution in [3.8, 4) is 0 Å². The predicted octanol–water partition coefficient (Wildman–Crippen LogP) is 4.92. The molecule has 0 fully saturated rings. The van der Waals surface area contributed by atoms with Crippen LogP contribution in [-0.4, -0.2) is 5.78 Å². The summed E-state index contributed by atoms with van der Waals surface area (Å²) in [5.74, 6) is 0.425. The molecule has 0 aromatic carbocycles. The average molecular weight is 250 g/mol. The highest BCUT2D eigenvalue weighted by Crippen LogP contribution is 2.10. The largest absolute Gasteiger partial charge is 0.472 e. The van der Waals surface area contributed by atoms with E-state index in [1.54, 1.807) is 12.5 Å². The van der Waals surface area contributed by atoms with Gasteiger partial charge in [0.25, 0.3) is 0 Å². The van der Waals surface area contributed by atoms with Crippen molar-refractivity contribution >= 4 is 5.78 Å². The first-order valence-corrected chi connectivity index (χ1v) is 7.35. The van der Waals surface area contributed by atoms with Gasteiger partial charge in [-0.05, 0) is 30.9 Å². The Hall–Kier alpha value is -1.05. The molecule has 0 atom stereocenters. The Morgan fingerprint density at radius 2 is 1.78 bits per heavy atom. The summed E-state index contributed by atoms with van der Waals surface area (Å²) in [7, 11) is 0. The Bertz CT molecular complexity index is 301. The van der Waals surface area contributed by atoms with Gasteiger partial charge in [0.05, 0.1) is 12.5 Å². The molecule has 1 heterocycles. The highest BCUT2D eigenvalue weighted by molar-refractivity contribution is 5.78. The third-order valence-electron chi connectivity index (χ3n) is 3.31. The Morgan fingerprint density at radius 3 is 2.50 bits per heavy atom. The number of furan rings is 1. The van der Waals surface area contributed by atoms with Crippen LogP contribution in [0.25, 0.3) is 0 Å². The van der Waals surface area contributed by atoms with Gasteiger partial charge in [0.15, 0.2) is 0 Å². The van der Waals surface area contributed by atoms with Crippen molar-refractivity contribution in [3.05, 3.63) is 24.2 Å². The fraction of sp³-hybridized carbons (Fsp3) is 0.688. The normalized spacial score (nSPS) is 10.7. The Kier molecular flexibility index (Phi) is 8.28.